The number of rotatable bonds is 10. The zero-order valence-corrected chi connectivity index (χ0v) is 22.8. The molecule has 0 bridgehead atoms. The molecule has 37 heavy (non-hydrogen) atoms. The van der Waals surface area contributed by atoms with Gasteiger partial charge in [0, 0.05) is 19.4 Å². The van der Waals surface area contributed by atoms with Gasteiger partial charge in [-0.25, -0.2) is 4.39 Å². The molecular formula is C30H42FNO5. The van der Waals surface area contributed by atoms with E-state index >= 15 is 0 Å². The topological polar surface area (TPSA) is 88.0 Å². The summed E-state index contributed by atoms with van der Waals surface area (Å²) in [6.07, 6.45) is -1.28. The predicted octanol–water partition coefficient (Wildman–Crippen LogP) is 5.10. The Morgan fingerprint density at radius 1 is 1.08 bits per heavy atom. The molecule has 1 aliphatic rings. The second-order valence-electron chi connectivity index (χ2n) is 11.2. The molecule has 4 atom stereocenters. The molecule has 0 radical (unpaired) electrons. The molecule has 3 rings (SSSR count). The van der Waals surface area contributed by atoms with Crippen LogP contribution in [0.1, 0.15) is 59.9 Å². The fraction of sp³-hybridized carbons (Fsp3) is 0.567. The number of halogens is 1. The molecule has 1 aliphatic heterocycles. The van der Waals surface area contributed by atoms with Crippen molar-refractivity contribution >= 4 is 5.91 Å². The summed E-state index contributed by atoms with van der Waals surface area (Å²) in [5.74, 6) is 0.350. The molecule has 1 heterocycles. The lowest BCUT2D eigenvalue weighted by molar-refractivity contribution is -0.303. The lowest BCUT2D eigenvalue weighted by Gasteiger charge is -2.51. The van der Waals surface area contributed by atoms with Crippen molar-refractivity contribution in [2.45, 2.75) is 84.9 Å². The predicted molar refractivity (Wildman–Crippen MR) is 143 cm³/mol. The maximum atomic E-state index is 14.1. The maximum Gasteiger partial charge on any atom is 0.229 e. The van der Waals surface area contributed by atoms with Crippen LogP contribution in [0.15, 0.2) is 42.5 Å². The number of hydrogen-bond acceptors (Lipinski definition) is 5. The van der Waals surface area contributed by atoms with Gasteiger partial charge in [-0.3, -0.25) is 4.79 Å². The molecule has 2 aromatic rings. The largest absolute Gasteiger partial charge is 0.462 e. The number of ether oxygens (including phenoxy) is 2. The fourth-order valence-corrected chi connectivity index (χ4v) is 5.48. The quantitative estimate of drug-likeness (QED) is 0.410. The zero-order valence-electron chi connectivity index (χ0n) is 22.8. The first kappa shape index (κ1) is 29.1. The molecule has 0 saturated carbocycles. The van der Waals surface area contributed by atoms with E-state index in [-0.39, 0.29) is 17.6 Å². The summed E-state index contributed by atoms with van der Waals surface area (Å²) in [5, 5.41) is 24.7. The first-order valence-corrected chi connectivity index (χ1v) is 13.3. The molecule has 2 aromatic carbocycles. The lowest BCUT2D eigenvalue weighted by Crippen LogP contribution is -2.62. The van der Waals surface area contributed by atoms with E-state index < -0.39 is 24.1 Å². The normalized spacial score (nSPS) is 23.3. The molecule has 7 heteroatoms. The number of benzene rings is 2. The van der Waals surface area contributed by atoms with E-state index in [9.17, 15) is 19.4 Å². The standard InChI is InChI=1S/C30H42FNO5/c1-18(2)16-30(17-19(3)4)20(5)27(34)28(35)29(37-30)36-25-11-10-22(12-13-32-21(6)33)26(15-25)23-8-7-9-24(31)14-23/h7-11,14-15,18-20,27-29,34-35H,12-13,16-17H2,1-6H3,(H,32,33)/t20-,27-,28-,29-/m1/s1. The third-order valence-corrected chi connectivity index (χ3v) is 7.07. The van der Waals surface area contributed by atoms with Crippen molar-refractivity contribution in [1.29, 1.82) is 0 Å². The van der Waals surface area contributed by atoms with E-state index in [2.05, 4.69) is 33.0 Å². The number of amides is 1. The Bertz CT molecular complexity index is 1050. The molecule has 0 aliphatic carbocycles. The zero-order chi connectivity index (χ0) is 27.3. The highest BCUT2D eigenvalue weighted by Crippen LogP contribution is 2.44. The molecule has 204 valence electrons. The summed E-state index contributed by atoms with van der Waals surface area (Å²) < 4.78 is 26.8. The number of nitrogens with one attached hydrogen (secondary N) is 1. The molecule has 1 saturated heterocycles. The van der Waals surface area contributed by atoms with Crippen molar-refractivity contribution in [1.82, 2.24) is 5.32 Å². The van der Waals surface area contributed by atoms with Crippen LogP contribution in [0, 0.1) is 23.6 Å². The van der Waals surface area contributed by atoms with Crippen molar-refractivity contribution in [2.75, 3.05) is 6.54 Å². The second kappa shape index (κ2) is 12.4. The first-order valence-electron chi connectivity index (χ1n) is 13.3. The van der Waals surface area contributed by atoms with Crippen LogP contribution in [-0.2, 0) is 16.0 Å². The van der Waals surface area contributed by atoms with Crippen LogP contribution < -0.4 is 10.1 Å². The summed E-state index contributed by atoms with van der Waals surface area (Å²) in [6.45, 7) is 12.3. The number of aliphatic hydroxyl groups excluding tert-OH is 2. The molecule has 0 unspecified atom stereocenters. The average Bonchev–Trinajstić information content (AvgIpc) is 2.81. The fourth-order valence-electron chi connectivity index (χ4n) is 5.48. The van der Waals surface area contributed by atoms with Gasteiger partial charge in [0.05, 0.1) is 11.7 Å². The first-order chi connectivity index (χ1) is 17.4. The Hall–Kier alpha value is -2.48. The smallest absolute Gasteiger partial charge is 0.229 e. The summed E-state index contributed by atoms with van der Waals surface area (Å²) >= 11 is 0. The monoisotopic (exact) mass is 515 g/mol. The molecule has 1 fully saturated rings. The summed E-state index contributed by atoms with van der Waals surface area (Å²) in [5.41, 5.74) is 1.71. The minimum atomic E-state index is -1.22. The van der Waals surface area contributed by atoms with Gasteiger partial charge in [0.2, 0.25) is 12.2 Å². The maximum absolute atomic E-state index is 14.1. The molecule has 0 aromatic heterocycles. The van der Waals surface area contributed by atoms with Gasteiger partial charge in [-0.2, -0.15) is 0 Å². The Labute approximate surface area is 220 Å². The van der Waals surface area contributed by atoms with Crippen LogP contribution in [0.25, 0.3) is 11.1 Å². The Balaban J connectivity index is 1.94. The second-order valence-corrected chi connectivity index (χ2v) is 11.2. The Kier molecular flexibility index (Phi) is 9.73. The van der Waals surface area contributed by atoms with Gasteiger partial charge in [-0.15, -0.1) is 0 Å². The van der Waals surface area contributed by atoms with Gasteiger partial charge < -0.3 is 25.0 Å². The van der Waals surface area contributed by atoms with E-state index in [1.165, 1.54) is 19.1 Å². The Morgan fingerprint density at radius 2 is 1.76 bits per heavy atom. The van der Waals surface area contributed by atoms with Crippen molar-refractivity contribution in [3.8, 4) is 16.9 Å². The summed E-state index contributed by atoms with van der Waals surface area (Å²) in [6, 6.07) is 11.8. The van der Waals surface area contributed by atoms with Crippen LogP contribution in [-0.4, -0.2) is 46.8 Å². The van der Waals surface area contributed by atoms with Crippen LogP contribution in [0.4, 0.5) is 4.39 Å². The Morgan fingerprint density at radius 3 is 2.35 bits per heavy atom. The molecular weight excluding hydrogens is 473 g/mol. The van der Waals surface area contributed by atoms with E-state index in [0.717, 1.165) is 24.0 Å². The molecule has 3 N–H and O–H groups in total. The molecule has 1 amide bonds. The van der Waals surface area contributed by atoms with E-state index in [1.54, 1.807) is 18.2 Å². The highest BCUT2D eigenvalue weighted by atomic mass is 19.1. The van der Waals surface area contributed by atoms with Crippen molar-refractivity contribution in [3.63, 3.8) is 0 Å². The van der Waals surface area contributed by atoms with Crippen LogP contribution in [0.2, 0.25) is 0 Å². The van der Waals surface area contributed by atoms with E-state index in [4.69, 9.17) is 9.47 Å². The van der Waals surface area contributed by atoms with Gasteiger partial charge in [0.15, 0.2) is 0 Å². The van der Waals surface area contributed by atoms with Crippen LogP contribution in [0.3, 0.4) is 0 Å². The number of carbonyl (C=O) groups is 1. The highest BCUT2D eigenvalue weighted by Gasteiger charge is 2.52. The van der Waals surface area contributed by atoms with Crippen molar-refractivity contribution in [3.05, 3.63) is 53.8 Å². The van der Waals surface area contributed by atoms with Gasteiger partial charge >= 0.3 is 0 Å². The lowest BCUT2D eigenvalue weighted by atomic mass is 9.71. The summed E-state index contributed by atoms with van der Waals surface area (Å²) in [4.78, 5) is 11.3. The SMILES string of the molecule is CC(=O)NCCc1ccc(O[C@@H]2OC(CC(C)C)(CC(C)C)[C@H](C)[C@@H](O)[C@H]2O)cc1-c1cccc(F)c1. The molecule has 6 nitrogen and oxygen atoms in total. The van der Waals surface area contributed by atoms with Crippen LogP contribution >= 0.6 is 0 Å². The van der Waals surface area contributed by atoms with Crippen molar-refractivity contribution < 1.29 is 28.9 Å². The van der Waals surface area contributed by atoms with E-state index in [0.29, 0.717) is 36.1 Å². The summed E-state index contributed by atoms with van der Waals surface area (Å²) in [7, 11) is 0. The van der Waals surface area contributed by atoms with Crippen LogP contribution in [0.5, 0.6) is 5.75 Å². The number of carbonyl (C=O) groups excluding carboxylic acids is 1. The number of hydrogen-bond donors (Lipinski definition) is 3. The minimum absolute atomic E-state index is 0.116. The van der Waals surface area contributed by atoms with Gasteiger partial charge in [0.25, 0.3) is 0 Å². The van der Waals surface area contributed by atoms with Gasteiger partial charge in [-0.1, -0.05) is 52.8 Å². The van der Waals surface area contributed by atoms with Gasteiger partial charge in [-0.05, 0) is 72.1 Å². The van der Waals surface area contributed by atoms with Gasteiger partial charge in [0.1, 0.15) is 17.7 Å². The number of aliphatic hydroxyl groups is 2. The molecule has 0 spiro atoms. The average molecular weight is 516 g/mol. The van der Waals surface area contributed by atoms with E-state index in [1.807, 2.05) is 19.1 Å². The third-order valence-electron chi connectivity index (χ3n) is 7.07. The minimum Gasteiger partial charge on any atom is -0.462 e. The highest BCUT2D eigenvalue weighted by molar-refractivity contribution is 5.73. The van der Waals surface area contributed by atoms with Crippen molar-refractivity contribution in [2.24, 2.45) is 17.8 Å². The third kappa shape index (κ3) is 7.30.